The van der Waals surface area contributed by atoms with Gasteiger partial charge in [0, 0.05) is 18.1 Å². The number of nitrogens with one attached hydrogen (secondary N) is 1. The van der Waals surface area contributed by atoms with Crippen molar-refractivity contribution in [1.82, 2.24) is 9.55 Å². The number of hydrogen-bond acceptors (Lipinski definition) is 3. The summed E-state index contributed by atoms with van der Waals surface area (Å²) in [5, 5.41) is 3.05. The average Bonchev–Trinajstić information content (AvgIpc) is 2.86. The molecule has 20 heavy (non-hydrogen) atoms. The van der Waals surface area contributed by atoms with Crippen molar-refractivity contribution in [3.05, 3.63) is 42.5 Å². The Labute approximate surface area is 116 Å². The SMILES string of the molecule is CC(C)Oc1ccc(NCc2nccn2C(F)F)cc1. The number of alkyl halides is 2. The summed E-state index contributed by atoms with van der Waals surface area (Å²) in [5.41, 5.74) is 0.824. The first-order chi connectivity index (χ1) is 9.56. The molecule has 0 spiro atoms. The Morgan fingerprint density at radius 1 is 1.25 bits per heavy atom. The highest BCUT2D eigenvalue weighted by atomic mass is 19.3. The predicted molar refractivity (Wildman–Crippen MR) is 73.0 cm³/mol. The van der Waals surface area contributed by atoms with Crippen LogP contribution in [0.25, 0.3) is 0 Å². The van der Waals surface area contributed by atoms with Gasteiger partial charge in [0.05, 0.1) is 12.6 Å². The number of aromatic nitrogens is 2. The number of anilines is 1. The predicted octanol–water partition coefficient (Wildman–Crippen LogP) is 3.68. The molecule has 4 nitrogen and oxygen atoms in total. The summed E-state index contributed by atoms with van der Waals surface area (Å²) in [7, 11) is 0. The molecule has 108 valence electrons. The Hall–Kier alpha value is -2.11. The Balaban J connectivity index is 1.95. The Kier molecular flexibility index (Phi) is 4.55. The molecule has 0 bridgehead atoms. The zero-order valence-corrected chi connectivity index (χ0v) is 11.4. The third-order valence-electron chi connectivity index (χ3n) is 2.64. The van der Waals surface area contributed by atoms with E-state index in [-0.39, 0.29) is 12.6 Å². The van der Waals surface area contributed by atoms with Gasteiger partial charge in [-0.15, -0.1) is 0 Å². The first-order valence-corrected chi connectivity index (χ1v) is 6.36. The minimum Gasteiger partial charge on any atom is -0.491 e. The van der Waals surface area contributed by atoms with Crippen molar-refractivity contribution < 1.29 is 13.5 Å². The fourth-order valence-corrected chi connectivity index (χ4v) is 1.76. The molecule has 6 heteroatoms. The molecule has 0 aliphatic rings. The topological polar surface area (TPSA) is 39.1 Å². The van der Waals surface area contributed by atoms with Crippen LogP contribution in [-0.2, 0) is 6.54 Å². The molecule has 1 heterocycles. The van der Waals surface area contributed by atoms with Crippen LogP contribution >= 0.6 is 0 Å². The lowest BCUT2D eigenvalue weighted by molar-refractivity contribution is 0.0673. The van der Waals surface area contributed by atoms with Crippen molar-refractivity contribution in [1.29, 1.82) is 0 Å². The molecule has 2 rings (SSSR count). The van der Waals surface area contributed by atoms with E-state index in [2.05, 4.69) is 10.3 Å². The number of hydrogen-bond donors (Lipinski definition) is 1. The molecule has 1 aromatic carbocycles. The maximum atomic E-state index is 12.6. The number of nitrogens with zero attached hydrogens (tertiary/aromatic N) is 2. The van der Waals surface area contributed by atoms with Gasteiger partial charge in [0.1, 0.15) is 11.6 Å². The average molecular weight is 281 g/mol. The monoisotopic (exact) mass is 281 g/mol. The second-order valence-corrected chi connectivity index (χ2v) is 4.57. The molecule has 1 aromatic heterocycles. The first-order valence-electron chi connectivity index (χ1n) is 6.36. The smallest absolute Gasteiger partial charge is 0.319 e. The lowest BCUT2D eigenvalue weighted by Gasteiger charge is -2.11. The van der Waals surface area contributed by atoms with E-state index in [1.54, 1.807) is 0 Å². The van der Waals surface area contributed by atoms with Crippen LogP contribution < -0.4 is 10.1 Å². The number of benzene rings is 1. The van der Waals surface area contributed by atoms with Crippen LogP contribution in [0.5, 0.6) is 5.75 Å². The minimum atomic E-state index is -2.57. The fraction of sp³-hybridized carbons (Fsp3) is 0.357. The second-order valence-electron chi connectivity index (χ2n) is 4.57. The van der Waals surface area contributed by atoms with Gasteiger partial charge in [-0.3, -0.25) is 4.57 Å². The van der Waals surface area contributed by atoms with Crippen molar-refractivity contribution >= 4 is 5.69 Å². The van der Waals surface area contributed by atoms with E-state index in [9.17, 15) is 8.78 Å². The van der Waals surface area contributed by atoms with Gasteiger partial charge in [-0.05, 0) is 38.1 Å². The molecular formula is C14H17F2N3O. The molecule has 0 aliphatic carbocycles. The molecule has 2 aromatic rings. The normalized spacial score (nSPS) is 11.1. The van der Waals surface area contributed by atoms with Crippen molar-refractivity contribution in [3.8, 4) is 5.75 Å². The van der Waals surface area contributed by atoms with Crippen LogP contribution in [0.1, 0.15) is 26.2 Å². The molecule has 0 saturated heterocycles. The Morgan fingerprint density at radius 3 is 2.55 bits per heavy atom. The van der Waals surface area contributed by atoms with Gasteiger partial charge in [-0.1, -0.05) is 0 Å². The summed E-state index contributed by atoms with van der Waals surface area (Å²) in [4.78, 5) is 3.91. The van der Waals surface area contributed by atoms with Crippen LogP contribution in [0, 0.1) is 0 Å². The first kappa shape index (κ1) is 14.3. The van der Waals surface area contributed by atoms with E-state index >= 15 is 0 Å². The summed E-state index contributed by atoms with van der Waals surface area (Å²) in [6.07, 6.45) is 2.75. The zero-order chi connectivity index (χ0) is 14.5. The molecule has 0 radical (unpaired) electrons. The Morgan fingerprint density at radius 2 is 1.95 bits per heavy atom. The molecule has 0 aliphatic heterocycles. The largest absolute Gasteiger partial charge is 0.491 e. The number of rotatable bonds is 6. The maximum absolute atomic E-state index is 12.6. The molecule has 1 N–H and O–H groups in total. The summed E-state index contributed by atoms with van der Waals surface area (Å²) < 4.78 is 31.6. The summed E-state index contributed by atoms with van der Waals surface area (Å²) >= 11 is 0. The van der Waals surface area contributed by atoms with Gasteiger partial charge in [-0.2, -0.15) is 8.78 Å². The molecule has 0 saturated carbocycles. The standard InChI is InChI=1S/C14H17F2N3O/c1-10(2)20-12-5-3-11(4-6-12)18-9-13-17-7-8-19(13)14(15)16/h3-8,10,14,18H,9H2,1-2H3. The highest BCUT2D eigenvalue weighted by Crippen LogP contribution is 2.18. The van der Waals surface area contributed by atoms with E-state index < -0.39 is 6.55 Å². The zero-order valence-electron chi connectivity index (χ0n) is 11.4. The molecule has 0 unspecified atom stereocenters. The van der Waals surface area contributed by atoms with Gasteiger partial charge in [0.15, 0.2) is 0 Å². The van der Waals surface area contributed by atoms with Crippen LogP contribution in [0.2, 0.25) is 0 Å². The lowest BCUT2D eigenvalue weighted by atomic mass is 10.3. The second kappa shape index (κ2) is 6.36. The van der Waals surface area contributed by atoms with E-state index in [1.807, 2.05) is 38.1 Å². The summed E-state index contributed by atoms with van der Waals surface area (Å²) in [5.74, 6) is 1.07. The van der Waals surface area contributed by atoms with Gasteiger partial charge in [0.2, 0.25) is 0 Å². The Bertz CT molecular complexity index is 538. The maximum Gasteiger partial charge on any atom is 0.319 e. The van der Waals surface area contributed by atoms with E-state index in [4.69, 9.17) is 4.74 Å². The van der Waals surface area contributed by atoms with E-state index in [1.165, 1.54) is 12.4 Å². The quantitative estimate of drug-likeness (QED) is 0.878. The fourth-order valence-electron chi connectivity index (χ4n) is 1.76. The molecule has 0 amide bonds. The number of ether oxygens (including phenoxy) is 1. The third-order valence-corrected chi connectivity index (χ3v) is 2.64. The van der Waals surface area contributed by atoms with Gasteiger partial charge in [0.25, 0.3) is 0 Å². The summed E-state index contributed by atoms with van der Waals surface area (Å²) in [6.45, 7) is 1.57. The highest BCUT2D eigenvalue weighted by molar-refractivity contribution is 5.46. The molecule has 0 atom stereocenters. The van der Waals surface area contributed by atoms with Crippen LogP contribution in [0.3, 0.4) is 0 Å². The summed E-state index contributed by atoms with van der Waals surface area (Å²) in [6, 6.07) is 7.35. The van der Waals surface area contributed by atoms with Crippen molar-refractivity contribution in [2.75, 3.05) is 5.32 Å². The third kappa shape index (κ3) is 3.69. The van der Waals surface area contributed by atoms with Crippen LogP contribution in [0.4, 0.5) is 14.5 Å². The van der Waals surface area contributed by atoms with E-state index in [0.29, 0.717) is 5.82 Å². The van der Waals surface area contributed by atoms with Crippen LogP contribution in [0.15, 0.2) is 36.7 Å². The number of imidazole rings is 1. The van der Waals surface area contributed by atoms with Crippen LogP contribution in [-0.4, -0.2) is 15.7 Å². The van der Waals surface area contributed by atoms with Crippen molar-refractivity contribution in [2.24, 2.45) is 0 Å². The van der Waals surface area contributed by atoms with Gasteiger partial charge in [-0.25, -0.2) is 4.98 Å². The molecule has 0 fully saturated rings. The minimum absolute atomic E-state index is 0.118. The van der Waals surface area contributed by atoms with Gasteiger partial charge >= 0.3 is 6.55 Å². The van der Waals surface area contributed by atoms with E-state index in [0.717, 1.165) is 16.0 Å². The highest BCUT2D eigenvalue weighted by Gasteiger charge is 2.10. The number of halogens is 2. The van der Waals surface area contributed by atoms with Crippen molar-refractivity contribution in [2.45, 2.75) is 33.0 Å². The van der Waals surface area contributed by atoms with Gasteiger partial charge < -0.3 is 10.1 Å². The lowest BCUT2D eigenvalue weighted by Crippen LogP contribution is -2.09. The van der Waals surface area contributed by atoms with Crippen molar-refractivity contribution in [3.63, 3.8) is 0 Å². The molecular weight excluding hydrogens is 264 g/mol.